The molecule has 1 atom stereocenters. The van der Waals surface area contributed by atoms with Gasteiger partial charge in [-0.1, -0.05) is 18.2 Å². The van der Waals surface area contributed by atoms with E-state index < -0.39 is 0 Å². The summed E-state index contributed by atoms with van der Waals surface area (Å²) in [5.74, 6) is 0.606. The fraction of sp³-hybridized carbons (Fsp3) is 0.353. The molecule has 3 rings (SSSR count). The van der Waals surface area contributed by atoms with Gasteiger partial charge in [-0.15, -0.1) is 11.3 Å². The minimum Gasteiger partial charge on any atom is -0.496 e. The number of amides is 2. The van der Waals surface area contributed by atoms with Crippen LogP contribution < -0.4 is 4.74 Å². The zero-order valence-electron chi connectivity index (χ0n) is 13.6. The molecule has 1 fully saturated rings. The smallest absolute Gasteiger partial charge is 0.273 e. The number of methoxy groups -OCH3 is 1. The summed E-state index contributed by atoms with van der Waals surface area (Å²) in [7, 11) is 1.61. The second-order valence-corrected chi connectivity index (χ2v) is 6.31. The standard InChI is InChI=1S/C17H19N3O3S/c1-12(21)19-7-8-20(17(22)14-10-24-11-18-14)15(9-19)13-5-3-4-6-16(13)23-2/h3-6,10-11,15H,7-9H2,1-2H3/t15-/m1/s1. The Hall–Kier alpha value is -2.41. The van der Waals surface area contributed by atoms with E-state index in [1.165, 1.54) is 11.3 Å². The van der Waals surface area contributed by atoms with Crippen molar-refractivity contribution in [3.8, 4) is 5.75 Å². The largest absolute Gasteiger partial charge is 0.496 e. The third-order valence-corrected chi connectivity index (χ3v) is 4.82. The van der Waals surface area contributed by atoms with Crippen molar-refractivity contribution in [1.29, 1.82) is 0 Å². The first kappa shape index (κ1) is 16.4. The van der Waals surface area contributed by atoms with Gasteiger partial charge in [0.1, 0.15) is 11.4 Å². The van der Waals surface area contributed by atoms with Crippen LogP contribution in [0, 0.1) is 0 Å². The quantitative estimate of drug-likeness (QED) is 0.855. The van der Waals surface area contributed by atoms with Gasteiger partial charge in [0.15, 0.2) is 0 Å². The van der Waals surface area contributed by atoms with Crippen LogP contribution in [-0.2, 0) is 4.79 Å². The molecule has 7 heteroatoms. The van der Waals surface area contributed by atoms with Crippen molar-refractivity contribution in [2.45, 2.75) is 13.0 Å². The topological polar surface area (TPSA) is 62.7 Å². The normalized spacial score (nSPS) is 17.7. The van der Waals surface area contributed by atoms with Crippen LogP contribution in [0.2, 0.25) is 0 Å². The number of rotatable bonds is 3. The summed E-state index contributed by atoms with van der Waals surface area (Å²) in [6.45, 7) is 3.00. The summed E-state index contributed by atoms with van der Waals surface area (Å²) in [5, 5.41) is 1.75. The number of nitrogens with zero attached hydrogens (tertiary/aromatic N) is 3. The van der Waals surface area contributed by atoms with Gasteiger partial charge in [0.2, 0.25) is 5.91 Å². The van der Waals surface area contributed by atoms with Crippen molar-refractivity contribution >= 4 is 23.2 Å². The van der Waals surface area contributed by atoms with E-state index in [0.717, 1.165) is 5.56 Å². The Morgan fingerprint density at radius 1 is 1.29 bits per heavy atom. The van der Waals surface area contributed by atoms with Gasteiger partial charge >= 0.3 is 0 Å². The van der Waals surface area contributed by atoms with Crippen molar-refractivity contribution in [1.82, 2.24) is 14.8 Å². The first-order chi connectivity index (χ1) is 11.6. The van der Waals surface area contributed by atoms with Crippen LogP contribution in [-0.4, -0.2) is 53.3 Å². The average molecular weight is 345 g/mol. The number of carbonyl (C=O) groups is 2. The van der Waals surface area contributed by atoms with Crippen LogP contribution in [0.25, 0.3) is 0 Å². The van der Waals surface area contributed by atoms with Crippen LogP contribution in [0.15, 0.2) is 35.2 Å². The van der Waals surface area contributed by atoms with Crippen LogP contribution in [0.1, 0.15) is 29.0 Å². The molecule has 0 spiro atoms. The highest BCUT2D eigenvalue weighted by Crippen LogP contribution is 2.33. The number of thiazole rings is 1. The zero-order valence-corrected chi connectivity index (χ0v) is 14.5. The molecule has 0 saturated carbocycles. The van der Waals surface area contributed by atoms with E-state index in [0.29, 0.717) is 31.1 Å². The number of para-hydroxylation sites is 1. The molecule has 0 N–H and O–H groups in total. The lowest BCUT2D eigenvalue weighted by atomic mass is 10.0. The van der Waals surface area contributed by atoms with Crippen LogP contribution >= 0.6 is 11.3 Å². The zero-order chi connectivity index (χ0) is 17.1. The lowest BCUT2D eigenvalue weighted by molar-refractivity contribution is -0.131. The molecule has 2 heterocycles. The second kappa shape index (κ2) is 7.00. The van der Waals surface area contributed by atoms with Gasteiger partial charge in [-0.3, -0.25) is 9.59 Å². The molecule has 24 heavy (non-hydrogen) atoms. The molecule has 2 aromatic rings. The molecule has 0 bridgehead atoms. The first-order valence-electron chi connectivity index (χ1n) is 7.69. The van der Waals surface area contributed by atoms with Crippen molar-refractivity contribution in [2.75, 3.05) is 26.7 Å². The Kier molecular flexibility index (Phi) is 4.80. The third-order valence-electron chi connectivity index (χ3n) is 4.24. The molecule has 0 unspecified atom stereocenters. The number of benzene rings is 1. The fourth-order valence-electron chi connectivity index (χ4n) is 2.99. The van der Waals surface area contributed by atoms with Crippen LogP contribution in [0.4, 0.5) is 0 Å². The minimum absolute atomic E-state index is 0.00987. The SMILES string of the molecule is COc1ccccc1[C@H]1CN(C(C)=O)CCN1C(=O)c1cscn1. The number of hydrogen-bond donors (Lipinski definition) is 0. The molecular weight excluding hydrogens is 326 g/mol. The molecule has 1 aliphatic rings. The minimum atomic E-state index is -0.256. The Bertz CT molecular complexity index is 732. The summed E-state index contributed by atoms with van der Waals surface area (Å²) in [5.41, 5.74) is 2.99. The number of piperazine rings is 1. The van der Waals surface area contributed by atoms with E-state index >= 15 is 0 Å². The maximum Gasteiger partial charge on any atom is 0.273 e. The van der Waals surface area contributed by atoms with E-state index in [1.54, 1.807) is 34.7 Å². The van der Waals surface area contributed by atoms with Crippen molar-refractivity contribution in [3.05, 3.63) is 46.4 Å². The van der Waals surface area contributed by atoms with Gasteiger partial charge in [-0.05, 0) is 6.07 Å². The summed E-state index contributed by atoms with van der Waals surface area (Å²) < 4.78 is 5.46. The number of carbonyl (C=O) groups excluding carboxylic acids is 2. The third kappa shape index (κ3) is 3.12. The highest BCUT2D eigenvalue weighted by Gasteiger charge is 2.35. The molecule has 1 saturated heterocycles. The highest BCUT2D eigenvalue weighted by atomic mass is 32.1. The highest BCUT2D eigenvalue weighted by molar-refractivity contribution is 7.07. The van der Waals surface area contributed by atoms with Gasteiger partial charge in [-0.25, -0.2) is 4.98 Å². The number of hydrogen-bond acceptors (Lipinski definition) is 5. The molecule has 1 aliphatic heterocycles. The Balaban J connectivity index is 1.97. The van der Waals surface area contributed by atoms with Crippen molar-refractivity contribution < 1.29 is 14.3 Å². The van der Waals surface area contributed by atoms with Gasteiger partial charge < -0.3 is 14.5 Å². The number of aromatic nitrogens is 1. The van der Waals surface area contributed by atoms with Crippen molar-refractivity contribution in [2.24, 2.45) is 0 Å². The predicted molar refractivity (Wildman–Crippen MR) is 91.1 cm³/mol. The fourth-order valence-corrected chi connectivity index (χ4v) is 3.51. The van der Waals surface area contributed by atoms with E-state index in [9.17, 15) is 9.59 Å². The van der Waals surface area contributed by atoms with Crippen LogP contribution in [0.3, 0.4) is 0 Å². The average Bonchev–Trinajstić information content (AvgIpc) is 3.15. The number of ether oxygens (including phenoxy) is 1. The predicted octanol–water partition coefficient (Wildman–Crippen LogP) is 2.20. The van der Waals surface area contributed by atoms with Gasteiger partial charge in [-0.2, -0.15) is 0 Å². The second-order valence-electron chi connectivity index (χ2n) is 5.60. The molecule has 2 amide bonds. The lowest BCUT2D eigenvalue weighted by Crippen LogP contribution is -2.52. The summed E-state index contributed by atoms with van der Waals surface area (Å²) >= 11 is 1.39. The van der Waals surface area contributed by atoms with Gasteiger partial charge in [0.05, 0.1) is 18.7 Å². The molecule has 1 aromatic heterocycles. The Labute approximate surface area is 144 Å². The summed E-state index contributed by atoms with van der Waals surface area (Å²) in [6.07, 6.45) is 0. The Morgan fingerprint density at radius 2 is 2.08 bits per heavy atom. The molecule has 0 radical (unpaired) electrons. The molecule has 6 nitrogen and oxygen atoms in total. The molecular formula is C17H19N3O3S. The lowest BCUT2D eigenvalue weighted by Gasteiger charge is -2.41. The maximum atomic E-state index is 12.8. The van der Waals surface area contributed by atoms with E-state index in [-0.39, 0.29) is 17.9 Å². The molecule has 0 aliphatic carbocycles. The molecule has 1 aromatic carbocycles. The van der Waals surface area contributed by atoms with Crippen LogP contribution in [0.5, 0.6) is 5.75 Å². The van der Waals surface area contributed by atoms with E-state index in [1.807, 2.05) is 24.3 Å². The van der Waals surface area contributed by atoms with Gasteiger partial charge in [0.25, 0.3) is 5.91 Å². The molecule has 126 valence electrons. The van der Waals surface area contributed by atoms with Gasteiger partial charge in [0, 0.05) is 37.5 Å². The summed E-state index contributed by atoms with van der Waals surface area (Å²) in [4.78, 5) is 32.3. The Morgan fingerprint density at radius 3 is 2.75 bits per heavy atom. The van der Waals surface area contributed by atoms with E-state index in [2.05, 4.69) is 4.98 Å². The maximum absolute atomic E-state index is 12.8. The summed E-state index contributed by atoms with van der Waals surface area (Å²) in [6, 6.07) is 7.35. The monoisotopic (exact) mass is 345 g/mol. The first-order valence-corrected chi connectivity index (χ1v) is 8.63. The van der Waals surface area contributed by atoms with E-state index in [4.69, 9.17) is 4.74 Å². The van der Waals surface area contributed by atoms with Crippen molar-refractivity contribution in [3.63, 3.8) is 0 Å².